The van der Waals surface area contributed by atoms with Crippen LogP contribution in [0.5, 0.6) is 0 Å². The van der Waals surface area contributed by atoms with Gasteiger partial charge in [-0.25, -0.2) is 0 Å². The summed E-state index contributed by atoms with van der Waals surface area (Å²) >= 11 is 2.31. The van der Waals surface area contributed by atoms with Crippen LogP contribution in [-0.4, -0.2) is 6.29 Å². The molecule has 0 aliphatic heterocycles. The summed E-state index contributed by atoms with van der Waals surface area (Å²) in [6, 6.07) is 12.9. The van der Waals surface area contributed by atoms with Crippen molar-refractivity contribution in [3.63, 3.8) is 0 Å². The summed E-state index contributed by atoms with van der Waals surface area (Å²) in [5.74, 6) is 0. The highest BCUT2D eigenvalue weighted by molar-refractivity contribution is 9.09. The minimum Gasteiger partial charge on any atom is -0.298 e. The van der Waals surface area contributed by atoms with Gasteiger partial charge in [0.05, 0.1) is 0 Å². The fourth-order valence-corrected chi connectivity index (χ4v) is 1.87. The molecule has 0 saturated carbocycles. The molecule has 2 aromatic carbocycles. The third-order valence-electron chi connectivity index (χ3n) is 2.59. The molecule has 0 aliphatic carbocycles. The van der Waals surface area contributed by atoms with Crippen LogP contribution in [0.15, 0.2) is 48.5 Å². The van der Waals surface area contributed by atoms with Crippen molar-refractivity contribution in [2.45, 2.75) is 4.83 Å². The summed E-state index contributed by atoms with van der Waals surface area (Å²) in [5.41, 5.74) is 2.20. The Morgan fingerprint density at radius 3 is 1.72 bits per heavy atom. The van der Waals surface area contributed by atoms with Crippen LogP contribution in [0.1, 0.15) is 15.9 Å². The average Bonchev–Trinajstić information content (AvgIpc) is 2.38. The van der Waals surface area contributed by atoms with E-state index in [0.717, 1.165) is 17.4 Å². The van der Waals surface area contributed by atoms with Gasteiger partial charge in [-0.2, -0.15) is 8.78 Å². The number of halogens is 3. The summed E-state index contributed by atoms with van der Waals surface area (Å²) in [5, 5.41) is 0. The van der Waals surface area contributed by atoms with E-state index in [1.54, 1.807) is 36.4 Å². The maximum Gasteiger partial charge on any atom is 0.326 e. The van der Waals surface area contributed by atoms with Gasteiger partial charge in [0.15, 0.2) is 0 Å². The van der Waals surface area contributed by atoms with Crippen molar-refractivity contribution in [1.82, 2.24) is 0 Å². The third kappa shape index (κ3) is 2.82. The molecule has 0 radical (unpaired) electrons. The summed E-state index contributed by atoms with van der Waals surface area (Å²) in [6.45, 7) is 0. The zero-order valence-corrected chi connectivity index (χ0v) is 10.8. The Kier molecular flexibility index (Phi) is 3.57. The molecule has 0 heterocycles. The highest BCUT2D eigenvalue weighted by atomic mass is 79.9. The molecule has 0 spiro atoms. The molecule has 2 rings (SSSR count). The van der Waals surface area contributed by atoms with Crippen LogP contribution in [0, 0.1) is 0 Å². The van der Waals surface area contributed by atoms with E-state index in [4.69, 9.17) is 0 Å². The van der Waals surface area contributed by atoms with Gasteiger partial charge < -0.3 is 0 Å². The molecule has 0 aromatic heterocycles. The van der Waals surface area contributed by atoms with E-state index in [1.807, 2.05) is 0 Å². The first-order chi connectivity index (χ1) is 8.50. The molecule has 0 unspecified atom stereocenters. The zero-order chi connectivity index (χ0) is 13.2. The molecule has 0 aliphatic rings. The topological polar surface area (TPSA) is 17.1 Å². The monoisotopic (exact) mass is 310 g/mol. The Hall–Kier alpha value is -1.55. The Morgan fingerprint density at radius 1 is 0.889 bits per heavy atom. The Balaban J connectivity index is 2.31. The molecule has 4 heteroatoms. The van der Waals surface area contributed by atoms with Crippen LogP contribution >= 0.6 is 15.9 Å². The number of benzene rings is 2. The van der Waals surface area contributed by atoms with Crippen molar-refractivity contribution in [1.29, 1.82) is 0 Å². The van der Waals surface area contributed by atoms with Crippen LogP contribution in [-0.2, 0) is 4.83 Å². The Bertz CT molecular complexity index is 542. The second-order valence-corrected chi connectivity index (χ2v) is 4.81. The first-order valence-corrected chi connectivity index (χ1v) is 6.03. The van der Waals surface area contributed by atoms with E-state index in [2.05, 4.69) is 15.9 Å². The van der Waals surface area contributed by atoms with Gasteiger partial charge in [-0.3, -0.25) is 4.79 Å². The highest BCUT2D eigenvalue weighted by Gasteiger charge is 2.26. The van der Waals surface area contributed by atoms with Crippen molar-refractivity contribution in [3.8, 4) is 11.1 Å². The van der Waals surface area contributed by atoms with Crippen LogP contribution in [0.25, 0.3) is 11.1 Å². The van der Waals surface area contributed by atoms with Gasteiger partial charge in [0.1, 0.15) is 6.29 Å². The Morgan fingerprint density at radius 2 is 1.33 bits per heavy atom. The lowest BCUT2D eigenvalue weighted by Crippen LogP contribution is -2.01. The van der Waals surface area contributed by atoms with Crippen molar-refractivity contribution in [3.05, 3.63) is 59.7 Å². The number of aldehydes is 1. The number of rotatable bonds is 3. The van der Waals surface area contributed by atoms with Gasteiger partial charge in [-0.15, -0.1) is 0 Å². The van der Waals surface area contributed by atoms with Crippen molar-refractivity contribution >= 4 is 22.2 Å². The number of hydrogen-bond donors (Lipinski definition) is 0. The molecule has 0 fully saturated rings. The summed E-state index contributed by atoms with van der Waals surface area (Å²) < 4.78 is 25.9. The molecule has 0 N–H and O–H groups in total. The van der Waals surface area contributed by atoms with Gasteiger partial charge in [0, 0.05) is 11.1 Å². The quantitative estimate of drug-likeness (QED) is 0.597. The van der Waals surface area contributed by atoms with Gasteiger partial charge in [0.25, 0.3) is 0 Å². The lowest BCUT2D eigenvalue weighted by atomic mass is 10.0. The van der Waals surface area contributed by atoms with E-state index < -0.39 is 4.83 Å². The fraction of sp³-hybridized carbons (Fsp3) is 0.0714. The van der Waals surface area contributed by atoms with E-state index >= 15 is 0 Å². The minimum atomic E-state index is -3.01. The molecule has 18 heavy (non-hydrogen) atoms. The molecule has 1 nitrogen and oxygen atoms in total. The molecule has 92 valence electrons. The van der Waals surface area contributed by atoms with E-state index in [9.17, 15) is 13.6 Å². The van der Waals surface area contributed by atoms with E-state index in [-0.39, 0.29) is 5.56 Å². The van der Waals surface area contributed by atoms with Gasteiger partial charge in [0.2, 0.25) is 0 Å². The highest BCUT2D eigenvalue weighted by Crippen LogP contribution is 2.35. The van der Waals surface area contributed by atoms with Gasteiger partial charge >= 0.3 is 4.83 Å². The molecule has 0 atom stereocenters. The molecular formula is C14H9BrF2O. The molecule has 0 saturated heterocycles. The SMILES string of the molecule is O=Cc1ccc(-c2ccc(C(F)(F)Br)cc2)cc1. The lowest BCUT2D eigenvalue weighted by molar-refractivity contribution is 0.112. The lowest BCUT2D eigenvalue weighted by Gasteiger charge is -2.09. The molecule has 0 bridgehead atoms. The second kappa shape index (κ2) is 4.98. The summed E-state index contributed by atoms with van der Waals surface area (Å²) in [6.07, 6.45) is 0.762. The number of carbonyl (C=O) groups is 1. The molecule has 2 aromatic rings. The molecule has 0 amide bonds. The predicted octanol–water partition coefficient (Wildman–Crippen LogP) is 4.61. The fourth-order valence-electron chi connectivity index (χ4n) is 1.61. The van der Waals surface area contributed by atoms with Gasteiger partial charge in [-0.1, -0.05) is 48.5 Å². The number of carbonyl (C=O) groups excluding carboxylic acids is 1. The number of alkyl halides is 3. The van der Waals surface area contributed by atoms with Crippen LogP contribution in [0.2, 0.25) is 0 Å². The third-order valence-corrected chi connectivity index (χ3v) is 3.05. The van der Waals surface area contributed by atoms with E-state index in [0.29, 0.717) is 5.56 Å². The van der Waals surface area contributed by atoms with Gasteiger partial charge in [-0.05, 0) is 27.1 Å². The van der Waals surface area contributed by atoms with Crippen molar-refractivity contribution in [2.75, 3.05) is 0 Å². The maximum atomic E-state index is 13.0. The van der Waals surface area contributed by atoms with Crippen molar-refractivity contribution in [2.24, 2.45) is 0 Å². The van der Waals surface area contributed by atoms with Crippen LogP contribution in [0.3, 0.4) is 0 Å². The maximum absolute atomic E-state index is 13.0. The van der Waals surface area contributed by atoms with Crippen molar-refractivity contribution < 1.29 is 13.6 Å². The predicted molar refractivity (Wildman–Crippen MR) is 70.1 cm³/mol. The Labute approximate surface area is 112 Å². The normalized spacial score (nSPS) is 11.3. The minimum absolute atomic E-state index is 0.0873. The standard InChI is InChI=1S/C14H9BrF2O/c15-14(16,17)13-7-5-12(6-8-13)11-3-1-10(9-18)2-4-11/h1-9H. The first-order valence-electron chi connectivity index (χ1n) is 5.23. The van der Waals surface area contributed by atoms with Crippen LogP contribution < -0.4 is 0 Å². The second-order valence-electron chi connectivity index (χ2n) is 3.81. The summed E-state index contributed by atoms with van der Waals surface area (Å²) in [4.78, 5) is 7.51. The first kappa shape index (κ1) is 12.9. The largest absolute Gasteiger partial charge is 0.326 e. The van der Waals surface area contributed by atoms with E-state index in [1.165, 1.54) is 12.1 Å². The number of hydrogen-bond acceptors (Lipinski definition) is 1. The zero-order valence-electron chi connectivity index (χ0n) is 9.24. The smallest absolute Gasteiger partial charge is 0.298 e. The van der Waals surface area contributed by atoms with Crippen LogP contribution in [0.4, 0.5) is 8.78 Å². The average molecular weight is 311 g/mol. The molecular weight excluding hydrogens is 302 g/mol. The summed E-state index contributed by atoms with van der Waals surface area (Å²) in [7, 11) is 0.